The SMILES string of the molecule is Cc1cc(C)c(CBr)cc1C=O. The monoisotopic (exact) mass is 226 g/mol. The first kappa shape index (κ1) is 9.46. The van der Waals surface area contributed by atoms with Crippen molar-refractivity contribution in [2.24, 2.45) is 0 Å². The van der Waals surface area contributed by atoms with E-state index in [-0.39, 0.29) is 0 Å². The van der Waals surface area contributed by atoms with E-state index in [0.717, 1.165) is 22.7 Å². The van der Waals surface area contributed by atoms with Crippen LogP contribution in [0, 0.1) is 13.8 Å². The van der Waals surface area contributed by atoms with Crippen molar-refractivity contribution in [3.8, 4) is 0 Å². The van der Waals surface area contributed by atoms with E-state index in [4.69, 9.17) is 0 Å². The summed E-state index contributed by atoms with van der Waals surface area (Å²) in [5.41, 5.74) is 4.25. The first-order valence-corrected chi connectivity index (χ1v) is 4.92. The van der Waals surface area contributed by atoms with Crippen molar-refractivity contribution < 1.29 is 4.79 Å². The van der Waals surface area contributed by atoms with Gasteiger partial charge < -0.3 is 0 Å². The summed E-state index contributed by atoms with van der Waals surface area (Å²) in [6.45, 7) is 4.01. The Hall–Kier alpha value is -0.630. The number of rotatable bonds is 2. The van der Waals surface area contributed by atoms with Crippen LogP contribution in [0.4, 0.5) is 0 Å². The minimum atomic E-state index is 0.787. The highest BCUT2D eigenvalue weighted by atomic mass is 79.9. The number of benzene rings is 1. The molecule has 0 spiro atoms. The van der Waals surface area contributed by atoms with E-state index >= 15 is 0 Å². The van der Waals surface area contributed by atoms with Crippen LogP contribution >= 0.6 is 15.9 Å². The van der Waals surface area contributed by atoms with E-state index < -0.39 is 0 Å². The molecule has 0 saturated carbocycles. The highest BCUT2D eigenvalue weighted by Gasteiger charge is 2.01. The predicted octanol–water partition coefficient (Wildman–Crippen LogP) is 3.01. The van der Waals surface area contributed by atoms with Crippen molar-refractivity contribution in [1.82, 2.24) is 0 Å². The molecule has 0 heterocycles. The molecule has 64 valence electrons. The lowest BCUT2D eigenvalue weighted by molar-refractivity contribution is 0.112. The molecular weight excluding hydrogens is 216 g/mol. The van der Waals surface area contributed by atoms with E-state index in [1.165, 1.54) is 11.1 Å². The summed E-state index contributed by atoms with van der Waals surface area (Å²) in [4.78, 5) is 10.6. The molecule has 0 fully saturated rings. The van der Waals surface area contributed by atoms with Crippen LogP contribution in [-0.2, 0) is 5.33 Å². The van der Waals surface area contributed by atoms with Crippen LogP contribution in [0.2, 0.25) is 0 Å². The smallest absolute Gasteiger partial charge is 0.150 e. The number of aldehydes is 1. The van der Waals surface area contributed by atoms with Crippen molar-refractivity contribution in [2.45, 2.75) is 19.2 Å². The van der Waals surface area contributed by atoms with Gasteiger partial charge in [0.05, 0.1) is 0 Å². The quantitative estimate of drug-likeness (QED) is 0.560. The summed E-state index contributed by atoms with van der Waals surface area (Å²) >= 11 is 3.38. The van der Waals surface area contributed by atoms with Gasteiger partial charge in [0.15, 0.2) is 0 Å². The molecule has 0 atom stereocenters. The van der Waals surface area contributed by atoms with Gasteiger partial charge in [-0.3, -0.25) is 4.79 Å². The summed E-state index contributed by atoms with van der Waals surface area (Å²) in [5, 5.41) is 0.806. The minimum Gasteiger partial charge on any atom is -0.298 e. The Balaban J connectivity index is 3.26. The lowest BCUT2D eigenvalue weighted by Crippen LogP contribution is -1.92. The van der Waals surface area contributed by atoms with Gasteiger partial charge in [0.2, 0.25) is 0 Å². The molecule has 0 aliphatic heterocycles. The fourth-order valence-corrected chi connectivity index (χ4v) is 1.79. The Morgan fingerprint density at radius 1 is 1.33 bits per heavy atom. The fourth-order valence-electron chi connectivity index (χ4n) is 1.19. The lowest BCUT2D eigenvalue weighted by atomic mass is 10.0. The standard InChI is InChI=1S/C10H11BrO/c1-7-3-8(2)10(6-12)4-9(7)5-11/h3-4,6H,5H2,1-2H3. The molecule has 12 heavy (non-hydrogen) atoms. The van der Waals surface area contributed by atoms with Crippen molar-refractivity contribution in [1.29, 1.82) is 0 Å². The van der Waals surface area contributed by atoms with Crippen LogP contribution in [0.25, 0.3) is 0 Å². The molecule has 1 aromatic carbocycles. The number of hydrogen-bond donors (Lipinski definition) is 0. The van der Waals surface area contributed by atoms with Gasteiger partial charge in [-0.05, 0) is 36.6 Å². The zero-order valence-corrected chi connectivity index (χ0v) is 8.81. The average Bonchev–Trinajstić information content (AvgIpc) is 2.05. The zero-order valence-electron chi connectivity index (χ0n) is 7.23. The van der Waals surface area contributed by atoms with Gasteiger partial charge >= 0.3 is 0 Å². The molecule has 0 saturated heterocycles. The molecule has 0 amide bonds. The zero-order chi connectivity index (χ0) is 9.14. The average molecular weight is 227 g/mol. The van der Waals surface area contributed by atoms with Gasteiger partial charge in [-0.1, -0.05) is 22.0 Å². The molecule has 0 aliphatic rings. The summed E-state index contributed by atoms with van der Waals surface area (Å²) in [7, 11) is 0. The molecule has 0 aliphatic carbocycles. The summed E-state index contributed by atoms with van der Waals surface area (Å²) in [6, 6.07) is 3.98. The number of alkyl halides is 1. The van der Waals surface area contributed by atoms with Crippen molar-refractivity contribution >= 4 is 22.2 Å². The Kier molecular flexibility index (Phi) is 3.04. The third kappa shape index (κ3) is 1.75. The third-order valence-electron chi connectivity index (χ3n) is 2.00. The maximum absolute atomic E-state index is 10.6. The molecule has 0 unspecified atom stereocenters. The highest BCUT2D eigenvalue weighted by Crippen LogP contribution is 2.16. The maximum Gasteiger partial charge on any atom is 0.150 e. The second-order valence-corrected chi connectivity index (χ2v) is 3.45. The molecule has 1 nitrogen and oxygen atoms in total. The van der Waals surface area contributed by atoms with Gasteiger partial charge in [-0.2, -0.15) is 0 Å². The first-order valence-electron chi connectivity index (χ1n) is 3.80. The Morgan fingerprint density at radius 2 is 2.00 bits per heavy atom. The van der Waals surface area contributed by atoms with E-state index in [1.807, 2.05) is 19.1 Å². The maximum atomic E-state index is 10.6. The van der Waals surface area contributed by atoms with Gasteiger partial charge in [-0.25, -0.2) is 0 Å². The molecule has 0 radical (unpaired) electrons. The third-order valence-corrected chi connectivity index (χ3v) is 2.60. The number of carbonyl (C=O) groups is 1. The fraction of sp³-hybridized carbons (Fsp3) is 0.300. The number of halogens is 1. The molecule has 1 rings (SSSR count). The van der Waals surface area contributed by atoms with Gasteiger partial charge in [0.25, 0.3) is 0 Å². The molecule has 0 N–H and O–H groups in total. The molecular formula is C10H11BrO. The Bertz CT molecular complexity index is 305. The van der Waals surface area contributed by atoms with E-state index in [0.29, 0.717) is 0 Å². The Labute approximate surface area is 80.9 Å². The van der Waals surface area contributed by atoms with Crippen molar-refractivity contribution in [3.63, 3.8) is 0 Å². The van der Waals surface area contributed by atoms with E-state index in [2.05, 4.69) is 22.9 Å². The van der Waals surface area contributed by atoms with Crippen LogP contribution in [0.3, 0.4) is 0 Å². The second-order valence-electron chi connectivity index (χ2n) is 2.89. The highest BCUT2D eigenvalue weighted by molar-refractivity contribution is 9.08. The summed E-state index contributed by atoms with van der Waals surface area (Å²) in [6.07, 6.45) is 0.904. The summed E-state index contributed by atoms with van der Waals surface area (Å²) in [5.74, 6) is 0. The number of hydrogen-bond acceptors (Lipinski definition) is 1. The number of carbonyl (C=O) groups excluding carboxylic acids is 1. The second kappa shape index (κ2) is 3.85. The van der Waals surface area contributed by atoms with Gasteiger partial charge in [-0.15, -0.1) is 0 Å². The predicted molar refractivity (Wildman–Crippen MR) is 53.9 cm³/mol. The van der Waals surface area contributed by atoms with Crippen molar-refractivity contribution in [2.75, 3.05) is 0 Å². The van der Waals surface area contributed by atoms with E-state index in [1.54, 1.807) is 0 Å². The van der Waals surface area contributed by atoms with Crippen LogP contribution in [0.15, 0.2) is 12.1 Å². The summed E-state index contributed by atoms with van der Waals surface area (Å²) < 4.78 is 0. The molecule has 2 heteroatoms. The largest absolute Gasteiger partial charge is 0.298 e. The van der Waals surface area contributed by atoms with Crippen LogP contribution in [0.5, 0.6) is 0 Å². The lowest BCUT2D eigenvalue weighted by Gasteiger charge is -2.05. The topological polar surface area (TPSA) is 17.1 Å². The number of aryl methyl sites for hydroxylation is 2. The first-order chi connectivity index (χ1) is 5.69. The normalized spacial score (nSPS) is 9.92. The van der Waals surface area contributed by atoms with Crippen LogP contribution in [-0.4, -0.2) is 6.29 Å². The van der Waals surface area contributed by atoms with Crippen molar-refractivity contribution in [3.05, 3.63) is 34.4 Å². The van der Waals surface area contributed by atoms with Crippen LogP contribution < -0.4 is 0 Å². The molecule has 0 bridgehead atoms. The Morgan fingerprint density at radius 3 is 2.50 bits per heavy atom. The van der Waals surface area contributed by atoms with Gasteiger partial charge in [0.1, 0.15) is 6.29 Å². The van der Waals surface area contributed by atoms with E-state index in [9.17, 15) is 4.79 Å². The minimum absolute atomic E-state index is 0.787. The molecule has 1 aromatic rings. The van der Waals surface area contributed by atoms with Crippen LogP contribution in [0.1, 0.15) is 27.0 Å². The molecule has 0 aromatic heterocycles. The van der Waals surface area contributed by atoms with Gasteiger partial charge in [0, 0.05) is 10.9 Å².